The number of carbonyl (C=O) groups is 1. The molecule has 0 radical (unpaired) electrons. The highest BCUT2D eigenvalue weighted by Crippen LogP contribution is 2.48. The van der Waals surface area contributed by atoms with Crippen molar-refractivity contribution in [3.63, 3.8) is 0 Å². The summed E-state index contributed by atoms with van der Waals surface area (Å²) < 4.78 is 6.32. The second-order valence-corrected chi connectivity index (χ2v) is 10.2. The third-order valence-corrected chi connectivity index (χ3v) is 7.91. The maximum Gasteiger partial charge on any atom is 0.168 e. The summed E-state index contributed by atoms with van der Waals surface area (Å²) in [5.41, 5.74) is 3.85. The van der Waals surface area contributed by atoms with Crippen molar-refractivity contribution in [1.82, 2.24) is 15.5 Å². The zero-order valence-corrected chi connectivity index (χ0v) is 19.6. The number of ketones is 1. The quantitative estimate of drug-likeness (QED) is 0.494. The molecular weight excluding hydrogens is 458 g/mol. The van der Waals surface area contributed by atoms with E-state index in [2.05, 4.69) is 45.1 Å². The summed E-state index contributed by atoms with van der Waals surface area (Å²) >= 11 is 1.48. The number of furan rings is 1. The van der Waals surface area contributed by atoms with Crippen LogP contribution < -0.4 is 10.6 Å². The summed E-state index contributed by atoms with van der Waals surface area (Å²) in [6.45, 7) is 0. The first-order chi connectivity index (χ1) is 17.2. The average molecular weight is 482 g/mol. The lowest BCUT2D eigenvalue weighted by Gasteiger charge is -2.34. The van der Waals surface area contributed by atoms with Gasteiger partial charge < -0.3 is 15.1 Å². The number of thioether (sulfide) groups is 1. The van der Waals surface area contributed by atoms with E-state index in [1.165, 1.54) is 17.3 Å². The number of amidine groups is 1. The Bertz CT molecular complexity index is 1430. The van der Waals surface area contributed by atoms with E-state index < -0.39 is 0 Å². The predicted molar refractivity (Wildman–Crippen MR) is 135 cm³/mol. The van der Waals surface area contributed by atoms with Crippen LogP contribution in [0.3, 0.4) is 0 Å². The van der Waals surface area contributed by atoms with Crippen LogP contribution >= 0.6 is 11.8 Å². The Kier molecular flexibility index (Phi) is 4.80. The number of aliphatic imine (C=N–C) groups is 1. The van der Waals surface area contributed by atoms with E-state index in [-0.39, 0.29) is 29.7 Å². The Hall–Kier alpha value is -3.78. The third-order valence-electron chi connectivity index (χ3n) is 7.07. The fourth-order valence-corrected chi connectivity index (χ4v) is 6.26. The summed E-state index contributed by atoms with van der Waals surface area (Å²) in [6.07, 6.45) is 11.3. The molecule has 3 N–H and O–H groups in total. The largest absolute Gasteiger partial charge is 0.453 e. The summed E-state index contributed by atoms with van der Waals surface area (Å²) in [6, 6.07) is 14.5. The van der Waals surface area contributed by atoms with Gasteiger partial charge in [-0.15, -0.1) is 0 Å². The van der Waals surface area contributed by atoms with Crippen molar-refractivity contribution in [3.8, 4) is 0 Å². The summed E-state index contributed by atoms with van der Waals surface area (Å²) in [5, 5.41) is 15.8. The molecule has 8 heteroatoms. The number of aromatic nitrogens is 2. The molecule has 0 saturated carbocycles. The van der Waals surface area contributed by atoms with Crippen molar-refractivity contribution < 1.29 is 9.21 Å². The molecule has 7 rings (SSSR count). The van der Waals surface area contributed by atoms with Crippen molar-refractivity contribution in [2.45, 2.75) is 41.9 Å². The Morgan fingerprint density at radius 2 is 1.91 bits per heavy atom. The van der Waals surface area contributed by atoms with Crippen LogP contribution in [-0.4, -0.2) is 33.2 Å². The van der Waals surface area contributed by atoms with E-state index >= 15 is 0 Å². The molecule has 0 fully saturated rings. The average Bonchev–Trinajstić information content (AvgIpc) is 3.62. The molecule has 0 spiro atoms. The maximum atomic E-state index is 13.5. The molecule has 7 nitrogen and oxygen atoms in total. The number of Topliss-reactive ketones (excluding diaryl/α,β-unsaturated/α-hetero) is 1. The SMILES string of the molecule is O=C1CC(c2ccccc2)CC2=C1C(c1ccc(SC3=NC4C=CC=CC4N3)o1)c1cn[nH]c1N2. The molecule has 3 aromatic rings. The van der Waals surface area contributed by atoms with Crippen LogP contribution in [0, 0.1) is 0 Å². The van der Waals surface area contributed by atoms with Crippen LogP contribution in [0.4, 0.5) is 5.82 Å². The number of hydrogen-bond acceptors (Lipinski definition) is 7. The van der Waals surface area contributed by atoms with Gasteiger partial charge in [-0.25, -0.2) is 0 Å². The lowest BCUT2D eigenvalue weighted by atomic mass is 9.74. The summed E-state index contributed by atoms with van der Waals surface area (Å²) in [5.74, 6) is 1.59. The lowest BCUT2D eigenvalue weighted by molar-refractivity contribution is -0.116. The van der Waals surface area contributed by atoms with Crippen LogP contribution in [0.1, 0.15) is 41.6 Å². The Labute approximate surface area is 206 Å². The zero-order chi connectivity index (χ0) is 23.4. The number of nitrogens with one attached hydrogen (secondary N) is 3. The molecule has 174 valence electrons. The minimum absolute atomic E-state index is 0.125. The molecular formula is C27H23N5O2S. The van der Waals surface area contributed by atoms with Gasteiger partial charge in [-0.3, -0.25) is 14.9 Å². The van der Waals surface area contributed by atoms with Gasteiger partial charge >= 0.3 is 0 Å². The van der Waals surface area contributed by atoms with E-state index in [0.29, 0.717) is 6.42 Å². The minimum Gasteiger partial charge on any atom is -0.453 e. The molecule has 2 aliphatic heterocycles. The first kappa shape index (κ1) is 20.6. The fourth-order valence-electron chi connectivity index (χ4n) is 5.42. The van der Waals surface area contributed by atoms with Crippen molar-refractivity contribution in [3.05, 3.63) is 101 Å². The highest BCUT2D eigenvalue weighted by atomic mass is 32.2. The monoisotopic (exact) mass is 481 g/mol. The van der Waals surface area contributed by atoms with Crippen molar-refractivity contribution >= 4 is 28.5 Å². The predicted octanol–water partition coefficient (Wildman–Crippen LogP) is 4.88. The molecule has 4 aliphatic rings. The summed E-state index contributed by atoms with van der Waals surface area (Å²) in [4.78, 5) is 18.3. The highest BCUT2D eigenvalue weighted by Gasteiger charge is 2.40. The van der Waals surface area contributed by atoms with Gasteiger partial charge in [0, 0.05) is 23.3 Å². The van der Waals surface area contributed by atoms with Gasteiger partial charge in [-0.2, -0.15) is 5.10 Å². The molecule has 2 aromatic heterocycles. The minimum atomic E-state index is -0.287. The van der Waals surface area contributed by atoms with E-state index in [1.54, 1.807) is 6.20 Å². The number of benzene rings is 1. The van der Waals surface area contributed by atoms with Crippen LogP contribution in [0.5, 0.6) is 0 Å². The van der Waals surface area contributed by atoms with Gasteiger partial charge in [0.1, 0.15) is 11.6 Å². The van der Waals surface area contributed by atoms with Gasteiger partial charge in [0.15, 0.2) is 16.0 Å². The molecule has 0 bridgehead atoms. The molecule has 0 amide bonds. The van der Waals surface area contributed by atoms with E-state index in [9.17, 15) is 4.79 Å². The number of anilines is 1. The molecule has 0 saturated heterocycles. The molecule has 4 atom stereocenters. The van der Waals surface area contributed by atoms with Gasteiger partial charge in [0.2, 0.25) is 0 Å². The van der Waals surface area contributed by atoms with Crippen molar-refractivity contribution in [2.75, 3.05) is 5.32 Å². The maximum absolute atomic E-state index is 13.5. The third kappa shape index (κ3) is 3.56. The standard InChI is InChI=1S/C27H23N5O2S/c33-21-13-16(15-6-2-1-3-7-15)12-20-25(21)24(17-14-28-32-26(17)29-20)22-10-11-23(34-22)35-27-30-18-8-4-5-9-19(18)31-27/h1-11,14,16,18-19,24H,12-13H2,(H,30,31)(H2,28,29,32). The molecule has 2 aliphatic carbocycles. The second-order valence-electron chi connectivity index (χ2n) is 9.21. The zero-order valence-electron chi connectivity index (χ0n) is 18.8. The Morgan fingerprint density at radius 3 is 2.80 bits per heavy atom. The van der Waals surface area contributed by atoms with Crippen LogP contribution in [0.25, 0.3) is 0 Å². The number of rotatable bonds is 3. The smallest absolute Gasteiger partial charge is 0.168 e. The number of hydrogen-bond donors (Lipinski definition) is 3. The van der Waals surface area contributed by atoms with Crippen molar-refractivity contribution in [1.29, 1.82) is 0 Å². The number of carbonyl (C=O) groups excluding carboxylic acids is 1. The van der Waals surface area contributed by atoms with E-state index in [1.807, 2.05) is 42.5 Å². The van der Waals surface area contributed by atoms with Gasteiger partial charge in [-0.05, 0) is 41.8 Å². The first-order valence-corrected chi connectivity index (χ1v) is 12.6. The van der Waals surface area contributed by atoms with E-state index in [0.717, 1.165) is 45.1 Å². The van der Waals surface area contributed by atoms with Crippen LogP contribution in [0.2, 0.25) is 0 Å². The number of nitrogens with zero attached hydrogens (tertiary/aromatic N) is 2. The lowest BCUT2D eigenvalue weighted by Crippen LogP contribution is -2.31. The van der Waals surface area contributed by atoms with Gasteiger partial charge in [0.25, 0.3) is 0 Å². The molecule has 35 heavy (non-hydrogen) atoms. The van der Waals surface area contributed by atoms with Gasteiger partial charge in [-0.1, -0.05) is 54.6 Å². The van der Waals surface area contributed by atoms with E-state index in [4.69, 9.17) is 9.41 Å². The normalized spacial score (nSPS) is 26.5. The van der Waals surface area contributed by atoms with Crippen molar-refractivity contribution in [2.24, 2.45) is 4.99 Å². The van der Waals surface area contributed by atoms with Gasteiger partial charge in [0.05, 0.1) is 24.2 Å². The molecule has 4 unspecified atom stereocenters. The summed E-state index contributed by atoms with van der Waals surface area (Å²) in [7, 11) is 0. The Balaban J connectivity index is 1.20. The number of aromatic amines is 1. The molecule has 4 heterocycles. The first-order valence-electron chi connectivity index (χ1n) is 11.8. The number of H-pyrrole nitrogens is 1. The molecule has 1 aromatic carbocycles. The number of allylic oxidation sites excluding steroid dienone is 4. The fraction of sp³-hybridized carbons (Fsp3) is 0.222. The van der Waals surface area contributed by atoms with Crippen LogP contribution in [0.15, 0.2) is 98.7 Å². The van der Waals surface area contributed by atoms with Crippen LogP contribution in [-0.2, 0) is 4.79 Å². The topological polar surface area (TPSA) is 95.3 Å². The second kappa shape index (κ2) is 8.16. The highest BCUT2D eigenvalue weighted by molar-refractivity contribution is 8.13. The number of fused-ring (bicyclic) bond motifs is 2. The Morgan fingerprint density at radius 1 is 1.03 bits per heavy atom.